The van der Waals surface area contributed by atoms with Crippen LogP contribution < -0.4 is 5.32 Å². The Bertz CT molecular complexity index is 1510. The molecule has 45 heavy (non-hydrogen) atoms. The van der Waals surface area contributed by atoms with Crippen LogP contribution in [0.3, 0.4) is 0 Å². The second-order valence-corrected chi connectivity index (χ2v) is 11.9. The van der Waals surface area contributed by atoms with E-state index in [0.717, 1.165) is 27.8 Å². The molecule has 4 aromatic carbocycles. The van der Waals surface area contributed by atoms with Crippen molar-refractivity contribution in [3.05, 3.63) is 132 Å². The smallest absolute Gasteiger partial charge is 0.326 e. The van der Waals surface area contributed by atoms with E-state index in [1.807, 2.05) is 129 Å². The molecule has 0 aliphatic rings. The summed E-state index contributed by atoms with van der Waals surface area (Å²) < 4.78 is 0. The van der Waals surface area contributed by atoms with E-state index in [2.05, 4.69) is 5.32 Å². The fourth-order valence-electron chi connectivity index (χ4n) is 5.63. The number of nitrogens with zero attached hydrogens (tertiary/aromatic N) is 1. The van der Waals surface area contributed by atoms with Crippen molar-refractivity contribution >= 4 is 18.0 Å². The number of carbonyl (C=O) groups is 3. The molecule has 4 rings (SSSR count). The minimum atomic E-state index is -1.25. The summed E-state index contributed by atoms with van der Waals surface area (Å²) >= 11 is 0. The Morgan fingerprint density at radius 1 is 0.667 bits per heavy atom. The van der Waals surface area contributed by atoms with Gasteiger partial charge in [-0.05, 0) is 53.0 Å². The molecule has 1 unspecified atom stereocenters. The number of hydrogen-bond donors (Lipinski definition) is 3. The van der Waals surface area contributed by atoms with Crippen molar-refractivity contribution in [2.75, 3.05) is 13.1 Å². The monoisotopic (exact) mass is 606 g/mol. The van der Waals surface area contributed by atoms with Gasteiger partial charge in [0.1, 0.15) is 6.04 Å². The molecule has 0 aromatic heterocycles. The van der Waals surface area contributed by atoms with Crippen LogP contribution in [-0.2, 0) is 22.4 Å². The zero-order valence-electron chi connectivity index (χ0n) is 25.9. The zero-order chi connectivity index (χ0) is 32.2. The van der Waals surface area contributed by atoms with Crippen LogP contribution in [0.15, 0.2) is 115 Å². The van der Waals surface area contributed by atoms with Crippen LogP contribution in [0.4, 0.5) is 4.79 Å². The molecule has 234 valence electrons. The van der Waals surface area contributed by atoms with Gasteiger partial charge in [-0.15, -0.1) is 0 Å². The van der Waals surface area contributed by atoms with Gasteiger partial charge in [-0.3, -0.25) is 4.79 Å². The van der Waals surface area contributed by atoms with Crippen LogP contribution in [0.5, 0.6) is 0 Å². The van der Waals surface area contributed by atoms with E-state index in [1.165, 1.54) is 4.90 Å². The Balaban J connectivity index is 1.59. The number of hydrogen-bond acceptors (Lipinski definition) is 3. The molecule has 0 fully saturated rings. The van der Waals surface area contributed by atoms with E-state index in [9.17, 15) is 24.6 Å². The maximum Gasteiger partial charge on any atom is 0.326 e. The summed E-state index contributed by atoms with van der Waals surface area (Å²) in [6, 6.07) is 35.1. The number of nitrogens with one attached hydrogen (secondary N) is 1. The van der Waals surface area contributed by atoms with Gasteiger partial charge in [0.15, 0.2) is 0 Å². The summed E-state index contributed by atoms with van der Waals surface area (Å²) in [6.45, 7) is 4.17. The van der Waals surface area contributed by atoms with E-state index in [1.54, 1.807) is 0 Å². The molecule has 0 bridgehead atoms. The lowest BCUT2D eigenvalue weighted by Crippen LogP contribution is -2.53. The Morgan fingerprint density at radius 2 is 1.20 bits per heavy atom. The fourth-order valence-corrected chi connectivity index (χ4v) is 5.63. The molecular weight excluding hydrogens is 564 g/mol. The van der Waals surface area contributed by atoms with Crippen LogP contribution >= 0.6 is 0 Å². The average molecular weight is 607 g/mol. The quantitative estimate of drug-likeness (QED) is 0.133. The molecule has 2 amide bonds. The first-order chi connectivity index (χ1) is 21.7. The fraction of sp³-hybridized carbons (Fsp3) is 0.289. The van der Waals surface area contributed by atoms with Gasteiger partial charge in [0, 0.05) is 19.0 Å². The second-order valence-electron chi connectivity index (χ2n) is 11.9. The van der Waals surface area contributed by atoms with Gasteiger partial charge in [-0.25, -0.2) is 9.59 Å². The molecule has 7 heteroatoms. The van der Waals surface area contributed by atoms with Crippen molar-refractivity contribution in [3.8, 4) is 11.1 Å². The number of aryl methyl sites for hydroxylation is 1. The third kappa shape index (κ3) is 9.80. The van der Waals surface area contributed by atoms with E-state index in [-0.39, 0.29) is 12.5 Å². The molecule has 0 saturated carbocycles. The third-order valence-corrected chi connectivity index (χ3v) is 7.98. The topological polar surface area (TPSA) is 107 Å². The van der Waals surface area contributed by atoms with Gasteiger partial charge >= 0.3 is 18.0 Å². The molecule has 4 aromatic rings. The maximum atomic E-state index is 13.8. The number of amides is 2. The second kappa shape index (κ2) is 16.2. The minimum Gasteiger partial charge on any atom is -0.481 e. The molecule has 0 radical (unpaired) electrons. The Hall–Kier alpha value is -4.91. The summed E-state index contributed by atoms with van der Waals surface area (Å²) in [4.78, 5) is 40.4. The number of carboxylic acid groups (broad SMARTS) is 2. The van der Waals surface area contributed by atoms with E-state index < -0.39 is 35.8 Å². The maximum absolute atomic E-state index is 13.8. The van der Waals surface area contributed by atoms with Gasteiger partial charge in [0.2, 0.25) is 0 Å². The number of carboxylic acids is 2. The van der Waals surface area contributed by atoms with Crippen molar-refractivity contribution in [2.24, 2.45) is 11.8 Å². The zero-order valence-corrected chi connectivity index (χ0v) is 25.9. The first-order valence-electron chi connectivity index (χ1n) is 15.5. The predicted molar refractivity (Wildman–Crippen MR) is 177 cm³/mol. The van der Waals surface area contributed by atoms with Crippen molar-refractivity contribution < 1.29 is 24.6 Å². The molecule has 3 N–H and O–H groups in total. The van der Waals surface area contributed by atoms with E-state index in [0.29, 0.717) is 25.8 Å². The Kier molecular flexibility index (Phi) is 11.9. The van der Waals surface area contributed by atoms with Crippen molar-refractivity contribution in [1.29, 1.82) is 0 Å². The van der Waals surface area contributed by atoms with Gasteiger partial charge in [-0.1, -0.05) is 129 Å². The summed E-state index contributed by atoms with van der Waals surface area (Å²) in [5.74, 6) is -3.47. The predicted octanol–water partition coefficient (Wildman–Crippen LogP) is 7.13. The first-order valence-corrected chi connectivity index (χ1v) is 15.5. The molecule has 0 aliphatic carbocycles. The van der Waals surface area contributed by atoms with Gasteiger partial charge in [0.05, 0.1) is 5.92 Å². The molecule has 3 atom stereocenters. The molecule has 0 spiro atoms. The normalized spacial score (nSPS) is 13.0. The summed E-state index contributed by atoms with van der Waals surface area (Å²) in [5.41, 5.74) is 4.81. The SMILES string of the molecule is CC(C)CN(C[C@H](CCc1ccccc1)C(=O)O)C(=O)N[C@H](C(=O)O)C(Cc1ccccc1)c1ccc(-c2ccccc2)cc1. The van der Waals surface area contributed by atoms with Crippen molar-refractivity contribution in [2.45, 2.75) is 45.1 Å². The summed E-state index contributed by atoms with van der Waals surface area (Å²) in [5, 5.41) is 23.3. The lowest BCUT2D eigenvalue weighted by Gasteiger charge is -2.31. The van der Waals surface area contributed by atoms with Crippen molar-refractivity contribution in [1.82, 2.24) is 10.2 Å². The molecule has 7 nitrogen and oxygen atoms in total. The highest BCUT2D eigenvalue weighted by Gasteiger charge is 2.34. The van der Waals surface area contributed by atoms with Crippen LogP contribution in [0.2, 0.25) is 0 Å². The number of rotatable bonds is 15. The van der Waals surface area contributed by atoms with Gasteiger partial charge in [0.25, 0.3) is 0 Å². The van der Waals surface area contributed by atoms with Crippen LogP contribution in [0, 0.1) is 11.8 Å². The molecular formula is C38H42N2O5. The number of benzene rings is 4. The molecule has 0 saturated heterocycles. The highest BCUT2D eigenvalue weighted by molar-refractivity contribution is 5.84. The largest absolute Gasteiger partial charge is 0.481 e. The minimum absolute atomic E-state index is 0.0202. The lowest BCUT2D eigenvalue weighted by atomic mass is 9.85. The van der Waals surface area contributed by atoms with E-state index in [4.69, 9.17) is 0 Å². The van der Waals surface area contributed by atoms with Crippen molar-refractivity contribution in [3.63, 3.8) is 0 Å². The highest BCUT2D eigenvalue weighted by atomic mass is 16.4. The van der Waals surface area contributed by atoms with Crippen LogP contribution in [-0.4, -0.2) is 52.2 Å². The van der Waals surface area contributed by atoms with Gasteiger partial charge < -0.3 is 20.4 Å². The highest BCUT2D eigenvalue weighted by Crippen LogP contribution is 2.28. The average Bonchev–Trinajstić information content (AvgIpc) is 3.05. The van der Waals surface area contributed by atoms with Crippen LogP contribution in [0.1, 0.15) is 42.9 Å². The van der Waals surface area contributed by atoms with E-state index >= 15 is 0 Å². The number of aliphatic carboxylic acids is 2. The molecule has 0 aliphatic heterocycles. The number of urea groups is 1. The third-order valence-electron chi connectivity index (χ3n) is 7.98. The lowest BCUT2D eigenvalue weighted by molar-refractivity contribution is -0.143. The number of carbonyl (C=O) groups excluding carboxylic acids is 1. The summed E-state index contributed by atoms with van der Waals surface area (Å²) in [6.07, 6.45) is 1.31. The Morgan fingerprint density at radius 3 is 1.73 bits per heavy atom. The Labute approximate surface area is 265 Å². The summed E-state index contributed by atoms with van der Waals surface area (Å²) in [7, 11) is 0. The standard InChI is InChI=1S/C38H42N2O5/c1-27(2)25-40(26-33(36(41)42)19-18-28-12-6-3-7-13-28)38(45)39-35(37(43)44)34(24-29-14-8-4-9-15-29)32-22-20-31(21-23-32)30-16-10-5-11-17-30/h3-17,20-23,27,33-35H,18-19,24-26H2,1-2H3,(H,39,45)(H,41,42)(H,43,44)/t33-,34?,35-/m0/s1. The van der Waals surface area contributed by atoms with Gasteiger partial charge in [-0.2, -0.15) is 0 Å². The van der Waals surface area contributed by atoms with Crippen LogP contribution in [0.25, 0.3) is 11.1 Å². The molecule has 0 heterocycles. The first kappa shape index (κ1) is 33.0.